The number of methoxy groups -OCH3 is 1. The second-order valence-electron chi connectivity index (χ2n) is 5.85. The van der Waals surface area contributed by atoms with E-state index < -0.39 is 0 Å². The van der Waals surface area contributed by atoms with Crippen molar-refractivity contribution >= 4 is 5.69 Å². The highest BCUT2D eigenvalue weighted by Gasteiger charge is 2.31. The number of hydrogen-bond donors (Lipinski definition) is 1. The van der Waals surface area contributed by atoms with Gasteiger partial charge in [0, 0.05) is 25.9 Å². The van der Waals surface area contributed by atoms with Crippen molar-refractivity contribution in [3.8, 4) is 0 Å². The first-order valence-corrected chi connectivity index (χ1v) is 7.18. The van der Waals surface area contributed by atoms with E-state index in [9.17, 15) is 0 Å². The molecule has 3 heteroatoms. The molecule has 0 amide bonds. The Hall–Kier alpha value is -1.06. The first-order valence-electron chi connectivity index (χ1n) is 7.18. The van der Waals surface area contributed by atoms with Gasteiger partial charge in [-0.25, -0.2) is 0 Å². The summed E-state index contributed by atoms with van der Waals surface area (Å²) in [6, 6.07) is 6.69. The lowest BCUT2D eigenvalue weighted by atomic mass is 9.93. The third-order valence-corrected chi connectivity index (χ3v) is 4.14. The van der Waals surface area contributed by atoms with Crippen LogP contribution in [0, 0.1) is 6.92 Å². The van der Waals surface area contributed by atoms with Crippen LogP contribution in [0.4, 0.5) is 5.69 Å². The van der Waals surface area contributed by atoms with Gasteiger partial charge in [-0.3, -0.25) is 0 Å². The van der Waals surface area contributed by atoms with E-state index in [1.165, 1.54) is 23.2 Å². The van der Waals surface area contributed by atoms with E-state index in [0.29, 0.717) is 6.54 Å². The Balaban J connectivity index is 2.25. The van der Waals surface area contributed by atoms with Crippen molar-refractivity contribution in [1.29, 1.82) is 0 Å². The molecule has 106 valence electrons. The molecule has 1 heterocycles. The first-order chi connectivity index (χ1) is 9.08. The molecule has 1 fully saturated rings. The van der Waals surface area contributed by atoms with Crippen LogP contribution in [-0.2, 0) is 11.2 Å². The second-order valence-corrected chi connectivity index (χ2v) is 5.85. The van der Waals surface area contributed by atoms with E-state index >= 15 is 0 Å². The molecule has 0 aliphatic carbocycles. The van der Waals surface area contributed by atoms with Crippen molar-refractivity contribution in [1.82, 2.24) is 0 Å². The van der Waals surface area contributed by atoms with Gasteiger partial charge in [0.2, 0.25) is 0 Å². The molecule has 1 unspecified atom stereocenters. The van der Waals surface area contributed by atoms with Crippen molar-refractivity contribution in [3.63, 3.8) is 0 Å². The lowest BCUT2D eigenvalue weighted by Crippen LogP contribution is -2.47. The molecule has 1 aromatic rings. The van der Waals surface area contributed by atoms with Crippen LogP contribution < -0.4 is 10.6 Å². The number of nitrogens with zero attached hydrogens (tertiary/aromatic N) is 1. The quantitative estimate of drug-likeness (QED) is 0.906. The van der Waals surface area contributed by atoms with Gasteiger partial charge in [0.1, 0.15) is 0 Å². The fourth-order valence-electron chi connectivity index (χ4n) is 2.96. The Morgan fingerprint density at radius 2 is 2.21 bits per heavy atom. The number of piperidine rings is 1. The molecule has 0 aromatic heterocycles. The molecule has 3 nitrogen and oxygen atoms in total. The van der Waals surface area contributed by atoms with E-state index in [1.807, 2.05) is 7.11 Å². The van der Waals surface area contributed by atoms with Crippen LogP contribution in [0.15, 0.2) is 18.2 Å². The van der Waals surface area contributed by atoms with Crippen molar-refractivity contribution in [2.45, 2.75) is 38.7 Å². The molecular formula is C16H26N2O. The standard InChI is InChI=1S/C16H26N2O/c1-13-5-6-15(14(11-13)7-9-17)18-10-4-8-16(2,12-18)19-3/h5-6,11H,4,7-10,12,17H2,1-3H3. The Morgan fingerprint density at radius 1 is 1.42 bits per heavy atom. The van der Waals surface area contributed by atoms with Gasteiger partial charge in [0.15, 0.2) is 0 Å². The van der Waals surface area contributed by atoms with E-state index in [2.05, 4.69) is 36.9 Å². The largest absolute Gasteiger partial charge is 0.377 e. The summed E-state index contributed by atoms with van der Waals surface area (Å²) in [7, 11) is 1.82. The Labute approximate surface area is 116 Å². The van der Waals surface area contributed by atoms with Gasteiger partial charge < -0.3 is 15.4 Å². The molecule has 0 saturated carbocycles. The average Bonchev–Trinajstić information content (AvgIpc) is 2.39. The highest BCUT2D eigenvalue weighted by Crippen LogP contribution is 2.30. The van der Waals surface area contributed by atoms with Gasteiger partial charge in [0.05, 0.1) is 5.60 Å². The lowest BCUT2D eigenvalue weighted by molar-refractivity contribution is -0.00468. The summed E-state index contributed by atoms with van der Waals surface area (Å²) < 4.78 is 5.69. The van der Waals surface area contributed by atoms with Crippen molar-refractivity contribution in [2.75, 3.05) is 31.6 Å². The number of rotatable bonds is 4. The zero-order valence-electron chi connectivity index (χ0n) is 12.4. The SMILES string of the molecule is COC1(C)CCCN(c2ccc(C)cc2CCN)C1. The molecule has 19 heavy (non-hydrogen) atoms. The fourth-order valence-corrected chi connectivity index (χ4v) is 2.96. The maximum atomic E-state index is 5.75. The average molecular weight is 262 g/mol. The van der Waals surface area contributed by atoms with Gasteiger partial charge in [-0.2, -0.15) is 0 Å². The second kappa shape index (κ2) is 5.93. The number of nitrogens with two attached hydrogens (primary N) is 1. The van der Waals surface area contributed by atoms with E-state index in [1.54, 1.807) is 0 Å². The topological polar surface area (TPSA) is 38.5 Å². The predicted molar refractivity (Wildman–Crippen MR) is 80.8 cm³/mol. The first kappa shape index (κ1) is 14.4. The molecule has 2 N–H and O–H groups in total. The Bertz CT molecular complexity index is 433. The number of benzene rings is 1. The van der Waals surface area contributed by atoms with Crippen molar-refractivity contribution in [3.05, 3.63) is 29.3 Å². The molecule has 1 aromatic carbocycles. The smallest absolute Gasteiger partial charge is 0.0825 e. The minimum Gasteiger partial charge on any atom is -0.377 e. The highest BCUT2D eigenvalue weighted by molar-refractivity contribution is 5.56. The fraction of sp³-hybridized carbons (Fsp3) is 0.625. The Morgan fingerprint density at radius 3 is 2.89 bits per heavy atom. The number of aryl methyl sites for hydroxylation is 1. The molecular weight excluding hydrogens is 236 g/mol. The molecule has 0 bridgehead atoms. The summed E-state index contributed by atoms with van der Waals surface area (Å²) in [5.41, 5.74) is 9.72. The third-order valence-electron chi connectivity index (χ3n) is 4.14. The molecule has 1 atom stereocenters. The van der Waals surface area contributed by atoms with Gasteiger partial charge in [-0.05, 0) is 51.3 Å². The Kier molecular flexibility index (Phi) is 4.48. The van der Waals surface area contributed by atoms with Gasteiger partial charge in [-0.1, -0.05) is 17.7 Å². The van der Waals surface area contributed by atoms with E-state index in [0.717, 1.165) is 25.9 Å². The number of hydrogen-bond acceptors (Lipinski definition) is 3. The predicted octanol–water partition coefficient (Wildman–Crippen LogP) is 2.50. The molecule has 2 rings (SSSR count). The normalized spacial score (nSPS) is 23.7. The van der Waals surface area contributed by atoms with E-state index in [-0.39, 0.29) is 5.60 Å². The maximum Gasteiger partial charge on any atom is 0.0825 e. The van der Waals surface area contributed by atoms with Crippen molar-refractivity contribution in [2.24, 2.45) is 5.73 Å². The number of anilines is 1. The van der Waals surface area contributed by atoms with Gasteiger partial charge in [-0.15, -0.1) is 0 Å². The van der Waals surface area contributed by atoms with Gasteiger partial charge >= 0.3 is 0 Å². The summed E-state index contributed by atoms with van der Waals surface area (Å²) in [5.74, 6) is 0. The van der Waals surface area contributed by atoms with Crippen LogP contribution in [0.1, 0.15) is 30.9 Å². The summed E-state index contributed by atoms with van der Waals surface area (Å²) >= 11 is 0. The maximum absolute atomic E-state index is 5.75. The minimum atomic E-state index is -0.0247. The van der Waals surface area contributed by atoms with Crippen LogP contribution in [0.3, 0.4) is 0 Å². The number of ether oxygens (including phenoxy) is 1. The molecule has 1 aliphatic rings. The van der Waals surface area contributed by atoms with E-state index in [4.69, 9.17) is 10.5 Å². The van der Waals surface area contributed by atoms with Crippen LogP contribution >= 0.6 is 0 Å². The monoisotopic (exact) mass is 262 g/mol. The highest BCUT2D eigenvalue weighted by atomic mass is 16.5. The molecule has 0 radical (unpaired) electrons. The summed E-state index contributed by atoms with van der Waals surface area (Å²) in [6.45, 7) is 7.12. The van der Waals surface area contributed by atoms with Gasteiger partial charge in [0.25, 0.3) is 0 Å². The summed E-state index contributed by atoms with van der Waals surface area (Å²) in [5, 5.41) is 0. The lowest BCUT2D eigenvalue weighted by Gasteiger charge is -2.41. The molecule has 0 spiro atoms. The third kappa shape index (κ3) is 3.28. The zero-order chi connectivity index (χ0) is 13.9. The molecule has 1 saturated heterocycles. The zero-order valence-corrected chi connectivity index (χ0v) is 12.4. The summed E-state index contributed by atoms with van der Waals surface area (Å²) in [4.78, 5) is 2.46. The molecule has 1 aliphatic heterocycles. The van der Waals surface area contributed by atoms with Crippen LogP contribution in [-0.4, -0.2) is 32.3 Å². The van der Waals surface area contributed by atoms with Crippen molar-refractivity contribution < 1.29 is 4.74 Å². The minimum absolute atomic E-state index is 0.0247. The van der Waals surface area contributed by atoms with Crippen LogP contribution in [0.5, 0.6) is 0 Å². The van der Waals surface area contributed by atoms with Crippen LogP contribution in [0.25, 0.3) is 0 Å². The van der Waals surface area contributed by atoms with Crippen LogP contribution in [0.2, 0.25) is 0 Å². The summed E-state index contributed by atoms with van der Waals surface area (Å²) in [6.07, 6.45) is 3.26.